The fourth-order valence-electron chi connectivity index (χ4n) is 4.92. The molecule has 0 amide bonds. The lowest BCUT2D eigenvalue weighted by Crippen LogP contribution is -2.68. The summed E-state index contributed by atoms with van der Waals surface area (Å²) in [7, 11) is -2.56. The molecule has 1 unspecified atom stereocenters. The van der Waals surface area contributed by atoms with E-state index < -0.39 is 52.9 Å². The van der Waals surface area contributed by atoms with Gasteiger partial charge < -0.3 is 28.2 Å². The van der Waals surface area contributed by atoms with Crippen LogP contribution >= 0.6 is 37.2 Å². The van der Waals surface area contributed by atoms with Gasteiger partial charge in [0.2, 0.25) is 5.79 Å². The van der Waals surface area contributed by atoms with E-state index >= 15 is 0 Å². The Balaban J connectivity index is 2.13. The highest BCUT2D eigenvalue weighted by molar-refractivity contribution is 7.78. The van der Waals surface area contributed by atoms with Gasteiger partial charge in [0, 0.05) is 23.3 Å². The molecule has 43 heavy (non-hydrogen) atoms. The second kappa shape index (κ2) is 15.7. The third kappa shape index (κ3) is 9.65. The number of benzene rings is 2. The van der Waals surface area contributed by atoms with E-state index in [9.17, 15) is 5.11 Å². The normalized spacial score (nSPS) is 25.5. The van der Waals surface area contributed by atoms with Gasteiger partial charge in [-0.25, -0.2) is 0 Å². The summed E-state index contributed by atoms with van der Waals surface area (Å²) in [4.78, 5) is 16.5. The minimum absolute atomic E-state index is 0.161. The molecule has 0 aromatic heterocycles. The van der Waals surface area contributed by atoms with Gasteiger partial charge in [-0.1, -0.05) is 55.4 Å². The molecule has 3 N–H and O–H groups in total. The smallest absolute Gasteiger partial charge is 0.225 e. The van der Waals surface area contributed by atoms with Crippen LogP contribution in [-0.4, -0.2) is 66.5 Å². The van der Waals surface area contributed by atoms with E-state index in [1.165, 1.54) is 0 Å². The molecule has 0 aliphatic carbocycles. The lowest BCUT2D eigenvalue weighted by atomic mass is 9.86. The average Bonchev–Trinajstić information content (AvgIpc) is 2.92. The number of thiol groups is 2. The molecule has 10 nitrogen and oxygen atoms in total. The van der Waals surface area contributed by atoms with E-state index in [1.54, 1.807) is 25.3 Å². The van der Waals surface area contributed by atoms with Gasteiger partial charge in [0.1, 0.15) is 30.2 Å². The first kappa shape index (κ1) is 36.8. The maximum absolute atomic E-state index is 12.4. The van der Waals surface area contributed by atoms with Crippen LogP contribution in [0.5, 0.6) is 5.75 Å². The lowest BCUT2D eigenvalue weighted by Gasteiger charge is -2.51. The molecule has 6 atom stereocenters. The SMILES string of the molecule is CCOc1ccc(C(OC)c2cc([C@]3(O)O[C@H](CO[Si](C)(C)C)[C@@H](O[Si](C)(C)C)[C@H](ONS)[C@H]3ONS)ccc2Cl)cc1. The Morgan fingerprint density at radius 3 is 2.16 bits per heavy atom. The third-order valence-electron chi connectivity index (χ3n) is 6.67. The molecule has 0 radical (unpaired) electrons. The molecule has 1 aliphatic heterocycles. The summed E-state index contributed by atoms with van der Waals surface area (Å²) in [6.45, 7) is 15.0. The van der Waals surface area contributed by atoms with Gasteiger partial charge in [-0.3, -0.25) is 9.68 Å². The molecular formula is C28H45ClN2O8S2Si2. The predicted octanol–water partition coefficient (Wildman–Crippen LogP) is 5.56. The van der Waals surface area contributed by atoms with Gasteiger partial charge in [-0.2, -0.15) is 0 Å². The van der Waals surface area contributed by atoms with Crippen molar-refractivity contribution in [1.29, 1.82) is 0 Å². The maximum atomic E-state index is 12.4. The summed E-state index contributed by atoms with van der Waals surface area (Å²) >= 11 is 14.9. The summed E-state index contributed by atoms with van der Waals surface area (Å²) < 4.78 is 30.9. The van der Waals surface area contributed by atoms with Crippen molar-refractivity contribution in [2.24, 2.45) is 0 Å². The number of hydrogen-bond acceptors (Lipinski definition) is 12. The van der Waals surface area contributed by atoms with Crippen molar-refractivity contribution < 1.29 is 37.8 Å². The van der Waals surface area contributed by atoms with Crippen LogP contribution in [0.3, 0.4) is 0 Å². The van der Waals surface area contributed by atoms with Crippen molar-refractivity contribution in [3.8, 4) is 5.75 Å². The van der Waals surface area contributed by atoms with E-state index in [2.05, 4.69) is 74.7 Å². The Morgan fingerprint density at radius 2 is 1.63 bits per heavy atom. The Bertz CT molecular complexity index is 1170. The number of halogens is 1. The number of nitrogens with one attached hydrogen (secondary N) is 2. The summed E-state index contributed by atoms with van der Waals surface area (Å²) in [5.74, 6) is -1.33. The van der Waals surface area contributed by atoms with Crippen LogP contribution < -0.4 is 14.5 Å². The molecule has 242 valence electrons. The van der Waals surface area contributed by atoms with Crippen molar-refractivity contribution in [3.05, 3.63) is 64.2 Å². The lowest BCUT2D eigenvalue weighted by molar-refractivity contribution is -0.373. The van der Waals surface area contributed by atoms with Crippen molar-refractivity contribution in [3.63, 3.8) is 0 Å². The van der Waals surface area contributed by atoms with E-state index in [0.717, 1.165) is 11.3 Å². The van der Waals surface area contributed by atoms with Crippen molar-refractivity contribution in [2.45, 2.75) is 82.5 Å². The van der Waals surface area contributed by atoms with Crippen LogP contribution in [0, 0.1) is 0 Å². The molecule has 1 heterocycles. The van der Waals surface area contributed by atoms with Gasteiger partial charge >= 0.3 is 0 Å². The highest BCUT2D eigenvalue weighted by Crippen LogP contribution is 2.43. The van der Waals surface area contributed by atoms with Crippen molar-refractivity contribution in [2.75, 3.05) is 20.3 Å². The van der Waals surface area contributed by atoms with Gasteiger partial charge in [0.15, 0.2) is 22.7 Å². The zero-order valence-corrected chi connectivity index (χ0v) is 30.5. The zero-order valence-electron chi connectivity index (χ0n) is 25.9. The van der Waals surface area contributed by atoms with Crippen LogP contribution in [0.25, 0.3) is 0 Å². The Labute approximate surface area is 273 Å². The van der Waals surface area contributed by atoms with Gasteiger partial charge in [0.25, 0.3) is 0 Å². The fourth-order valence-corrected chi connectivity index (χ4v) is 7.14. The topological polar surface area (TPSA) is 109 Å². The molecule has 1 fully saturated rings. The maximum Gasteiger partial charge on any atom is 0.225 e. The molecular weight excluding hydrogens is 648 g/mol. The summed E-state index contributed by atoms with van der Waals surface area (Å²) in [5.41, 5.74) is 1.81. The van der Waals surface area contributed by atoms with E-state index in [1.807, 2.05) is 31.2 Å². The standard InChI is InChI=1S/C28H45ClN2O8S2Si2/c1-9-34-20-13-10-18(11-14-20)24(33-2)21-16-19(12-15-22(21)29)28(32)27(38-31-41)26(37-30-40)25(39-43(6,7)8)23(36-28)17-35-42(3,4)5/h10-16,23-27,30-32,40-41H,9,17H2,1-8H3/t23-,24?,25-,26+,27-,28+/m1/s1. The minimum atomic E-state index is -2.17. The first-order valence-electron chi connectivity index (χ1n) is 14.0. The van der Waals surface area contributed by atoms with Crippen molar-refractivity contribution in [1.82, 2.24) is 9.77 Å². The summed E-state index contributed by atoms with van der Waals surface area (Å²) in [6.07, 6.45) is -4.08. The van der Waals surface area contributed by atoms with E-state index in [4.69, 9.17) is 44.3 Å². The number of methoxy groups -OCH3 is 1. The number of ether oxygens (including phenoxy) is 3. The second-order valence-corrected chi connectivity index (χ2v) is 21.9. The first-order chi connectivity index (χ1) is 20.2. The van der Waals surface area contributed by atoms with Crippen LogP contribution in [0.15, 0.2) is 42.5 Å². The van der Waals surface area contributed by atoms with Gasteiger partial charge in [-0.05, 0) is 76.0 Å². The van der Waals surface area contributed by atoms with E-state index in [-0.39, 0.29) is 6.61 Å². The Hall–Kier alpha value is -0.696. The molecule has 1 aliphatic rings. The number of aliphatic hydroxyl groups is 1. The second-order valence-electron chi connectivity index (χ2n) is 12.1. The molecule has 3 rings (SSSR count). The monoisotopic (exact) mass is 692 g/mol. The average molecular weight is 693 g/mol. The largest absolute Gasteiger partial charge is 0.494 e. The molecule has 15 heteroatoms. The molecule has 0 bridgehead atoms. The van der Waals surface area contributed by atoms with E-state index in [0.29, 0.717) is 22.8 Å². The molecule has 0 saturated carbocycles. The van der Waals surface area contributed by atoms with Gasteiger partial charge in [-0.15, -0.1) is 9.77 Å². The molecule has 0 spiro atoms. The summed E-state index contributed by atoms with van der Waals surface area (Å²) in [6, 6.07) is 12.7. The zero-order chi connectivity index (χ0) is 32.0. The predicted molar refractivity (Wildman–Crippen MR) is 178 cm³/mol. The molecule has 2 aromatic rings. The molecule has 2 aromatic carbocycles. The third-order valence-corrected chi connectivity index (χ3v) is 9.23. The minimum Gasteiger partial charge on any atom is -0.494 e. The Morgan fingerprint density at radius 1 is 0.977 bits per heavy atom. The highest BCUT2D eigenvalue weighted by Gasteiger charge is 2.58. The number of rotatable bonds is 15. The summed E-state index contributed by atoms with van der Waals surface area (Å²) in [5, 5.41) is 12.9. The number of hydrogen-bond donors (Lipinski definition) is 5. The van der Waals surface area contributed by atoms with Gasteiger partial charge in [0.05, 0.1) is 13.2 Å². The van der Waals surface area contributed by atoms with Crippen molar-refractivity contribution >= 4 is 53.9 Å². The van der Waals surface area contributed by atoms with Crippen LogP contribution in [0.2, 0.25) is 44.3 Å². The van der Waals surface area contributed by atoms with Crippen LogP contribution in [0.4, 0.5) is 0 Å². The first-order valence-corrected chi connectivity index (χ1v) is 22.1. The quantitative estimate of drug-likeness (QED) is 0.0925. The Kier molecular flexibility index (Phi) is 13.5. The van der Waals surface area contributed by atoms with Crippen LogP contribution in [-0.2, 0) is 33.8 Å². The highest BCUT2D eigenvalue weighted by atomic mass is 35.5. The fraction of sp³-hybridized carbons (Fsp3) is 0.571. The van der Waals surface area contributed by atoms with Crippen LogP contribution in [0.1, 0.15) is 29.7 Å². The molecule has 1 saturated heterocycles.